The zero-order valence-corrected chi connectivity index (χ0v) is 20.8. The van der Waals surface area contributed by atoms with E-state index in [4.69, 9.17) is 23.8 Å². The average Bonchev–Trinajstić information content (AvgIpc) is 3.22. The molecule has 182 valence electrons. The molecule has 0 spiro atoms. The molecule has 0 N–H and O–H groups in total. The zero-order chi connectivity index (χ0) is 24.1. The number of esters is 1. The molecule has 2 aromatic rings. The fraction of sp³-hybridized carbons (Fsp3) is 0.600. The van der Waals surface area contributed by atoms with Crippen LogP contribution in [0.1, 0.15) is 56.7 Å². The molecular formula is C25H34BN3O5. The number of nitrogens with zero attached hydrogens (tertiary/aromatic N) is 3. The molecule has 3 aliphatic heterocycles. The lowest BCUT2D eigenvalue weighted by Gasteiger charge is -2.32. The van der Waals surface area contributed by atoms with Gasteiger partial charge in [0.1, 0.15) is 5.82 Å². The molecule has 2 saturated heterocycles. The van der Waals surface area contributed by atoms with Crippen LogP contribution in [-0.2, 0) is 31.9 Å². The van der Waals surface area contributed by atoms with E-state index in [9.17, 15) is 4.79 Å². The first kappa shape index (κ1) is 23.5. The highest BCUT2D eigenvalue weighted by Gasteiger charge is 2.52. The quantitative estimate of drug-likeness (QED) is 0.476. The Hall–Kier alpha value is -2.20. The maximum absolute atomic E-state index is 12.1. The molecule has 0 bridgehead atoms. The Morgan fingerprint density at radius 3 is 2.56 bits per heavy atom. The minimum atomic E-state index is -0.340. The molecular weight excluding hydrogens is 433 g/mol. The number of aromatic nitrogens is 2. The van der Waals surface area contributed by atoms with Crippen LogP contribution in [0.25, 0.3) is 11.0 Å². The lowest BCUT2D eigenvalue weighted by molar-refractivity contribution is -0.0591. The van der Waals surface area contributed by atoms with Gasteiger partial charge in [0.15, 0.2) is 0 Å². The van der Waals surface area contributed by atoms with Crippen LogP contribution in [0.5, 0.6) is 0 Å². The number of hydrogen-bond donors (Lipinski definition) is 0. The van der Waals surface area contributed by atoms with E-state index >= 15 is 0 Å². The van der Waals surface area contributed by atoms with Crippen molar-refractivity contribution < 1.29 is 23.6 Å². The largest absolute Gasteiger partial charge is 0.490 e. The third kappa shape index (κ3) is 4.30. The first-order valence-electron chi connectivity index (χ1n) is 12.1. The minimum absolute atomic E-state index is 0.189. The van der Waals surface area contributed by atoms with Gasteiger partial charge in [-0.05, 0) is 64.2 Å². The van der Waals surface area contributed by atoms with Gasteiger partial charge >= 0.3 is 13.1 Å². The Morgan fingerprint density at radius 1 is 1.24 bits per heavy atom. The average molecular weight is 467 g/mol. The van der Waals surface area contributed by atoms with Crippen molar-refractivity contribution in [2.45, 2.75) is 70.9 Å². The third-order valence-electron chi connectivity index (χ3n) is 7.68. The van der Waals surface area contributed by atoms with Crippen molar-refractivity contribution >= 4 is 24.1 Å². The zero-order valence-electron chi connectivity index (χ0n) is 20.8. The second-order valence-electron chi connectivity index (χ2n) is 10.5. The molecule has 0 radical (unpaired) electrons. The molecule has 1 unspecified atom stereocenters. The molecule has 1 atom stereocenters. The summed E-state index contributed by atoms with van der Waals surface area (Å²) < 4.78 is 25.3. The number of benzene rings is 1. The Labute approximate surface area is 201 Å². The van der Waals surface area contributed by atoms with E-state index in [0.717, 1.165) is 62.5 Å². The van der Waals surface area contributed by atoms with Gasteiger partial charge < -0.3 is 23.3 Å². The molecule has 1 aromatic carbocycles. The Bertz CT molecular complexity index is 1110. The van der Waals surface area contributed by atoms with Crippen LogP contribution in [0, 0.1) is 0 Å². The van der Waals surface area contributed by atoms with Crippen molar-refractivity contribution in [2.75, 3.05) is 26.8 Å². The summed E-state index contributed by atoms with van der Waals surface area (Å²) in [6, 6.07) is 5.55. The van der Waals surface area contributed by atoms with Crippen molar-refractivity contribution in [3.8, 4) is 0 Å². The summed E-state index contributed by atoms with van der Waals surface area (Å²) >= 11 is 0. The van der Waals surface area contributed by atoms with Gasteiger partial charge in [-0.3, -0.25) is 4.90 Å². The van der Waals surface area contributed by atoms with Gasteiger partial charge in [0.05, 0.1) is 54.1 Å². The van der Waals surface area contributed by atoms with E-state index in [-0.39, 0.29) is 30.4 Å². The van der Waals surface area contributed by atoms with E-state index < -0.39 is 0 Å². The molecule has 5 rings (SSSR count). The predicted molar refractivity (Wildman–Crippen MR) is 129 cm³/mol. The highest BCUT2D eigenvalue weighted by atomic mass is 16.7. The molecule has 4 heterocycles. The van der Waals surface area contributed by atoms with E-state index in [1.807, 2.05) is 12.1 Å². The first-order valence-corrected chi connectivity index (χ1v) is 12.1. The van der Waals surface area contributed by atoms with Crippen LogP contribution in [0.3, 0.4) is 0 Å². The fourth-order valence-electron chi connectivity index (χ4n) is 4.65. The van der Waals surface area contributed by atoms with Crippen LogP contribution in [0.2, 0.25) is 0 Å². The first-order chi connectivity index (χ1) is 16.2. The van der Waals surface area contributed by atoms with E-state index in [2.05, 4.69) is 43.2 Å². The molecule has 3 aliphatic rings. The summed E-state index contributed by atoms with van der Waals surface area (Å²) in [5, 5.41) is 0. The Morgan fingerprint density at radius 2 is 1.97 bits per heavy atom. The molecule has 1 aromatic heterocycles. The number of rotatable bonds is 6. The van der Waals surface area contributed by atoms with E-state index in [0.29, 0.717) is 5.56 Å². The van der Waals surface area contributed by atoms with Gasteiger partial charge in [-0.2, -0.15) is 0 Å². The maximum Gasteiger partial charge on any atom is 0.490 e. The summed E-state index contributed by atoms with van der Waals surface area (Å²) in [5.41, 5.74) is 2.92. The van der Waals surface area contributed by atoms with Crippen molar-refractivity contribution in [3.05, 3.63) is 41.1 Å². The van der Waals surface area contributed by atoms with Crippen LogP contribution in [0.4, 0.5) is 0 Å². The highest BCUT2D eigenvalue weighted by Crippen LogP contribution is 2.39. The van der Waals surface area contributed by atoms with Gasteiger partial charge in [0.2, 0.25) is 0 Å². The van der Waals surface area contributed by atoms with Gasteiger partial charge in [-0.25, -0.2) is 9.78 Å². The molecule has 2 fully saturated rings. The Balaban J connectivity index is 1.34. The number of ether oxygens (including phenoxy) is 2. The van der Waals surface area contributed by atoms with Crippen LogP contribution in [-0.4, -0.2) is 71.7 Å². The Kier molecular flexibility index (Phi) is 6.08. The SMILES string of the molecule is COC(=O)c1ccc2nc(CN3CC=C(B4OC(C)(C)C(C)(C)O4)CC3)n(CC3CCO3)c2c1. The number of hydrogen-bond acceptors (Lipinski definition) is 7. The number of carbonyl (C=O) groups excluding carboxylic acids is 1. The van der Waals surface area contributed by atoms with E-state index in [1.165, 1.54) is 12.6 Å². The number of fused-ring (bicyclic) bond motifs is 1. The lowest BCUT2D eigenvalue weighted by Crippen LogP contribution is -2.41. The van der Waals surface area contributed by atoms with Crippen molar-refractivity contribution in [1.82, 2.24) is 14.5 Å². The number of methoxy groups -OCH3 is 1. The fourth-order valence-corrected chi connectivity index (χ4v) is 4.65. The summed E-state index contributed by atoms with van der Waals surface area (Å²) in [7, 11) is 1.13. The topological polar surface area (TPSA) is 75.0 Å². The van der Waals surface area contributed by atoms with Gasteiger partial charge in [-0.15, -0.1) is 0 Å². The standard InChI is InChI=1S/C25H34BN3O5/c1-24(2)25(3,4)34-26(33-24)18-8-11-28(12-9-18)16-22-27-20-7-6-17(23(30)31-5)14-21(20)29(22)15-19-10-13-32-19/h6-8,14,19H,9-13,15-16H2,1-5H3. The van der Waals surface area contributed by atoms with Gasteiger partial charge in [0.25, 0.3) is 0 Å². The molecule has 34 heavy (non-hydrogen) atoms. The third-order valence-corrected chi connectivity index (χ3v) is 7.68. The monoisotopic (exact) mass is 467 g/mol. The number of carbonyl (C=O) groups is 1. The molecule has 8 nitrogen and oxygen atoms in total. The normalized spacial score (nSPS) is 24.2. The molecule has 0 amide bonds. The van der Waals surface area contributed by atoms with Crippen molar-refractivity contribution in [3.63, 3.8) is 0 Å². The summed E-state index contributed by atoms with van der Waals surface area (Å²) in [6.45, 7) is 12.3. The van der Waals surface area contributed by atoms with E-state index in [1.54, 1.807) is 6.07 Å². The highest BCUT2D eigenvalue weighted by molar-refractivity contribution is 6.54. The van der Waals surface area contributed by atoms with Crippen molar-refractivity contribution in [1.29, 1.82) is 0 Å². The maximum atomic E-state index is 12.1. The van der Waals surface area contributed by atoms with Crippen LogP contribution < -0.4 is 0 Å². The predicted octanol–water partition coefficient (Wildman–Crippen LogP) is 3.38. The summed E-state index contributed by atoms with van der Waals surface area (Å²) in [6.07, 6.45) is 4.37. The molecule has 0 aliphatic carbocycles. The summed E-state index contributed by atoms with van der Waals surface area (Å²) in [4.78, 5) is 19.4. The van der Waals surface area contributed by atoms with Crippen LogP contribution in [0.15, 0.2) is 29.7 Å². The molecule has 0 saturated carbocycles. The minimum Gasteiger partial charge on any atom is -0.465 e. The van der Waals surface area contributed by atoms with Crippen LogP contribution >= 0.6 is 0 Å². The summed E-state index contributed by atoms with van der Waals surface area (Å²) in [5.74, 6) is 0.646. The number of imidazole rings is 1. The molecule has 9 heteroatoms. The van der Waals surface area contributed by atoms with Crippen molar-refractivity contribution in [2.24, 2.45) is 0 Å². The lowest BCUT2D eigenvalue weighted by atomic mass is 9.75. The second kappa shape index (κ2) is 8.79. The second-order valence-corrected chi connectivity index (χ2v) is 10.5. The van der Waals surface area contributed by atoms with Gasteiger partial charge in [0, 0.05) is 19.7 Å². The smallest absolute Gasteiger partial charge is 0.465 e. The van der Waals surface area contributed by atoms with Gasteiger partial charge in [-0.1, -0.05) is 6.08 Å².